The Morgan fingerprint density at radius 2 is 1.88 bits per heavy atom. The van der Waals surface area contributed by atoms with Crippen LogP contribution in [-0.4, -0.2) is 21.1 Å². The molecule has 0 unspecified atom stereocenters. The lowest BCUT2D eigenvalue weighted by Gasteiger charge is -2.40. The van der Waals surface area contributed by atoms with Crippen molar-refractivity contribution in [2.24, 2.45) is 0 Å². The van der Waals surface area contributed by atoms with Crippen molar-refractivity contribution in [2.45, 2.75) is 24.9 Å². The Balaban J connectivity index is 2.58. The molecule has 17 heavy (non-hydrogen) atoms. The minimum atomic E-state index is -0.177. The standard InChI is InChI=1S/C13H22N4/c1-15-10-7-9-5-4-6-13(16-2,17-3)12(9)11(14)8-10/h7-8,15-17H,4-6,14H2,1-3H3. The average molecular weight is 234 g/mol. The molecule has 0 atom stereocenters. The van der Waals surface area contributed by atoms with Crippen LogP contribution in [0.3, 0.4) is 0 Å². The van der Waals surface area contributed by atoms with E-state index in [2.05, 4.69) is 22.0 Å². The Bertz CT molecular complexity index is 410. The normalized spacial score (nSPS) is 17.6. The molecule has 0 aromatic heterocycles. The lowest BCUT2D eigenvalue weighted by atomic mass is 9.81. The van der Waals surface area contributed by atoms with Crippen molar-refractivity contribution in [1.82, 2.24) is 10.6 Å². The molecular formula is C13H22N4. The summed E-state index contributed by atoms with van der Waals surface area (Å²) in [5, 5.41) is 9.94. The number of anilines is 2. The highest BCUT2D eigenvalue weighted by molar-refractivity contribution is 5.64. The number of aryl methyl sites for hydroxylation is 1. The van der Waals surface area contributed by atoms with E-state index in [1.807, 2.05) is 27.2 Å². The highest BCUT2D eigenvalue weighted by Gasteiger charge is 2.35. The molecule has 1 aromatic carbocycles. The molecule has 5 N–H and O–H groups in total. The van der Waals surface area contributed by atoms with Gasteiger partial charge >= 0.3 is 0 Å². The zero-order chi connectivity index (χ0) is 12.5. The van der Waals surface area contributed by atoms with Gasteiger partial charge in [-0.1, -0.05) is 0 Å². The van der Waals surface area contributed by atoms with Crippen LogP contribution in [0.5, 0.6) is 0 Å². The molecular weight excluding hydrogens is 212 g/mol. The maximum Gasteiger partial charge on any atom is 0.0967 e. The van der Waals surface area contributed by atoms with Crippen LogP contribution in [0.25, 0.3) is 0 Å². The van der Waals surface area contributed by atoms with E-state index in [1.165, 1.54) is 17.5 Å². The van der Waals surface area contributed by atoms with Crippen molar-refractivity contribution in [3.8, 4) is 0 Å². The van der Waals surface area contributed by atoms with Crippen molar-refractivity contribution < 1.29 is 0 Å². The Hall–Kier alpha value is -1.26. The first-order chi connectivity index (χ1) is 8.16. The highest BCUT2D eigenvalue weighted by Crippen LogP contribution is 2.38. The summed E-state index contributed by atoms with van der Waals surface area (Å²) in [7, 11) is 5.89. The predicted octanol–water partition coefficient (Wildman–Crippen LogP) is 1.24. The second kappa shape index (κ2) is 4.55. The maximum absolute atomic E-state index is 6.22. The van der Waals surface area contributed by atoms with Crippen LogP contribution >= 0.6 is 0 Å². The molecule has 0 radical (unpaired) electrons. The molecule has 1 aliphatic carbocycles. The monoisotopic (exact) mass is 234 g/mol. The summed E-state index contributed by atoms with van der Waals surface area (Å²) in [6.45, 7) is 0. The summed E-state index contributed by atoms with van der Waals surface area (Å²) in [6.07, 6.45) is 3.33. The third-order valence-corrected chi connectivity index (χ3v) is 3.82. The van der Waals surface area contributed by atoms with Gasteiger partial charge < -0.3 is 11.1 Å². The van der Waals surface area contributed by atoms with E-state index in [-0.39, 0.29) is 5.66 Å². The fourth-order valence-corrected chi connectivity index (χ4v) is 2.88. The Morgan fingerprint density at radius 3 is 2.47 bits per heavy atom. The van der Waals surface area contributed by atoms with Gasteiger partial charge in [0.2, 0.25) is 0 Å². The van der Waals surface area contributed by atoms with Gasteiger partial charge in [0.25, 0.3) is 0 Å². The van der Waals surface area contributed by atoms with Crippen LogP contribution in [0.15, 0.2) is 12.1 Å². The first-order valence-electron chi connectivity index (χ1n) is 6.15. The highest BCUT2D eigenvalue weighted by atomic mass is 15.2. The zero-order valence-electron chi connectivity index (χ0n) is 10.9. The molecule has 0 bridgehead atoms. The molecule has 0 aliphatic heterocycles. The van der Waals surface area contributed by atoms with E-state index in [0.717, 1.165) is 24.2 Å². The van der Waals surface area contributed by atoms with Crippen molar-refractivity contribution in [1.29, 1.82) is 0 Å². The van der Waals surface area contributed by atoms with Gasteiger partial charge in [0.05, 0.1) is 5.66 Å². The Labute approximate surface area is 103 Å². The third kappa shape index (κ3) is 1.87. The second-order valence-corrected chi connectivity index (χ2v) is 4.61. The van der Waals surface area contributed by atoms with E-state index >= 15 is 0 Å². The molecule has 0 amide bonds. The lowest BCUT2D eigenvalue weighted by Crippen LogP contribution is -2.53. The van der Waals surface area contributed by atoms with Crippen molar-refractivity contribution >= 4 is 11.4 Å². The average Bonchev–Trinajstić information content (AvgIpc) is 2.37. The van der Waals surface area contributed by atoms with Crippen molar-refractivity contribution in [2.75, 3.05) is 32.2 Å². The van der Waals surface area contributed by atoms with Crippen molar-refractivity contribution in [3.63, 3.8) is 0 Å². The van der Waals surface area contributed by atoms with Gasteiger partial charge in [0, 0.05) is 24.0 Å². The number of nitrogens with one attached hydrogen (secondary N) is 3. The van der Waals surface area contributed by atoms with Gasteiger partial charge in [0.1, 0.15) is 0 Å². The molecule has 2 rings (SSSR count). The number of benzene rings is 1. The fraction of sp³-hybridized carbons (Fsp3) is 0.538. The van der Waals surface area contributed by atoms with E-state index in [0.29, 0.717) is 0 Å². The van der Waals surface area contributed by atoms with E-state index in [4.69, 9.17) is 5.73 Å². The fourth-order valence-electron chi connectivity index (χ4n) is 2.88. The van der Waals surface area contributed by atoms with E-state index in [1.54, 1.807) is 0 Å². The first-order valence-corrected chi connectivity index (χ1v) is 6.15. The van der Waals surface area contributed by atoms with Crippen LogP contribution in [0.2, 0.25) is 0 Å². The van der Waals surface area contributed by atoms with E-state index < -0.39 is 0 Å². The van der Waals surface area contributed by atoms with Gasteiger partial charge in [-0.3, -0.25) is 10.6 Å². The number of hydrogen-bond acceptors (Lipinski definition) is 4. The summed E-state index contributed by atoms with van der Waals surface area (Å²) < 4.78 is 0. The molecule has 1 aromatic rings. The quantitative estimate of drug-likeness (QED) is 0.469. The van der Waals surface area contributed by atoms with Crippen LogP contribution < -0.4 is 21.7 Å². The van der Waals surface area contributed by atoms with Gasteiger partial charge in [-0.2, -0.15) is 0 Å². The topological polar surface area (TPSA) is 62.1 Å². The molecule has 1 aliphatic rings. The number of fused-ring (bicyclic) bond motifs is 1. The smallest absolute Gasteiger partial charge is 0.0967 e. The van der Waals surface area contributed by atoms with Gasteiger partial charge in [0.15, 0.2) is 0 Å². The molecule has 94 valence electrons. The van der Waals surface area contributed by atoms with Crippen LogP contribution in [-0.2, 0) is 12.1 Å². The summed E-state index contributed by atoms with van der Waals surface area (Å²) >= 11 is 0. The SMILES string of the molecule is CNc1cc(N)c2c(c1)CCCC2(NC)NC. The minimum absolute atomic E-state index is 0.177. The summed E-state index contributed by atoms with van der Waals surface area (Å²) in [5.74, 6) is 0. The molecule has 4 nitrogen and oxygen atoms in total. The largest absolute Gasteiger partial charge is 0.398 e. The van der Waals surface area contributed by atoms with Crippen LogP contribution in [0.4, 0.5) is 11.4 Å². The maximum atomic E-state index is 6.22. The van der Waals surface area contributed by atoms with Crippen LogP contribution in [0, 0.1) is 0 Å². The lowest BCUT2D eigenvalue weighted by molar-refractivity contribution is 0.258. The zero-order valence-corrected chi connectivity index (χ0v) is 10.9. The van der Waals surface area contributed by atoms with Gasteiger partial charge in [-0.25, -0.2) is 0 Å². The molecule has 0 fully saturated rings. The first kappa shape index (κ1) is 12.2. The van der Waals surface area contributed by atoms with Gasteiger partial charge in [-0.15, -0.1) is 0 Å². The molecule has 0 saturated carbocycles. The second-order valence-electron chi connectivity index (χ2n) is 4.61. The Kier molecular flexibility index (Phi) is 3.26. The number of rotatable bonds is 3. The summed E-state index contributed by atoms with van der Waals surface area (Å²) in [4.78, 5) is 0. The van der Waals surface area contributed by atoms with E-state index in [9.17, 15) is 0 Å². The van der Waals surface area contributed by atoms with Gasteiger partial charge in [-0.05, 0) is 51.1 Å². The minimum Gasteiger partial charge on any atom is -0.398 e. The molecule has 0 spiro atoms. The molecule has 4 heteroatoms. The Morgan fingerprint density at radius 1 is 1.18 bits per heavy atom. The number of nitrogens with two attached hydrogens (primary N) is 1. The predicted molar refractivity (Wildman–Crippen MR) is 73.1 cm³/mol. The summed E-state index contributed by atoms with van der Waals surface area (Å²) in [5.41, 5.74) is 10.5. The number of nitrogen functional groups attached to an aromatic ring is 1. The molecule has 0 heterocycles. The molecule has 0 saturated heterocycles. The third-order valence-electron chi connectivity index (χ3n) is 3.82. The number of hydrogen-bond donors (Lipinski definition) is 4. The van der Waals surface area contributed by atoms with Crippen molar-refractivity contribution in [3.05, 3.63) is 23.3 Å². The summed E-state index contributed by atoms with van der Waals surface area (Å²) in [6, 6.07) is 4.21. The van der Waals surface area contributed by atoms with Crippen LogP contribution in [0.1, 0.15) is 24.0 Å².